The number of hydrogen-bond acceptors (Lipinski definition) is 5. The van der Waals surface area contributed by atoms with E-state index in [9.17, 15) is 9.59 Å². The van der Waals surface area contributed by atoms with Gasteiger partial charge < -0.3 is 9.73 Å². The Kier molecular flexibility index (Phi) is 6.71. The molecule has 0 spiro atoms. The lowest BCUT2D eigenvalue weighted by molar-refractivity contribution is 0.0919. The summed E-state index contributed by atoms with van der Waals surface area (Å²) < 4.78 is 5.94. The number of hydrogen-bond donors (Lipinski definition) is 2. The zero-order valence-corrected chi connectivity index (χ0v) is 20.0. The Morgan fingerprint density at radius 2 is 1.72 bits per heavy atom. The van der Waals surface area contributed by atoms with Crippen LogP contribution in [-0.2, 0) is 13.0 Å². The number of nitrogens with one attached hydrogen (secondary N) is 2. The smallest absolute Gasteiger partial charge is 0.287 e. The maximum Gasteiger partial charge on any atom is 0.287 e. The first kappa shape index (κ1) is 23.2. The van der Waals surface area contributed by atoms with E-state index in [2.05, 4.69) is 20.8 Å². The fourth-order valence-corrected chi connectivity index (χ4v) is 4.39. The zero-order chi connectivity index (χ0) is 24.9. The molecule has 1 aliphatic carbocycles. The first-order chi connectivity index (χ1) is 17.6. The molecule has 0 fully saturated rings. The Hall–Kier alpha value is -4.52. The van der Waals surface area contributed by atoms with Gasteiger partial charge in [0.15, 0.2) is 5.76 Å². The van der Waals surface area contributed by atoms with Gasteiger partial charge in [-0.2, -0.15) is 5.10 Å². The van der Waals surface area contributed by atoms with Crippen LogP contribution in [0, 0.1) is 6.92 Å². The van der Waals surface area contributed by atoms with Crippen molar-refractivity contribution < 1.29 is 14.0 Å². The van der Waals surface area contributed by atoms with E-state index in [-0.39, 0.29) is 17.6 Å². The number of carbonyl (C=O) groups excluding carboxylic acids is 2. The Bertz CT molecular complexity index is 1410. The normalized spacial score (nSPS) is 13.8. The largest absolute Gasteiger partial charge is 0.455 e. The molecule has 2 N–H and O–H groups in total. The fourth-order valence-electron chi connectivity index (χ4n) is 4.39. The highest BCUT2D eigenvalue weighted by Crippen LogP contribution is 2.30. The van der Waals surface area contributed by atoms with Gasteiger partial charge in [0.05, 0.1) is 5.71 Å². The van der Waals surface area contributed by atoms with Crippen LogP contribution in [0.3, 0.4) is 0 Å². The second kappa shape index (κ2) is 10.4. The van der Waals surface area contributed by atoms with Gasteiger partial charge in [-0.3, -0.25) is 14.6 Å². The van der Waals surface area contributed by atoms with E-state index in [4.69, 9.17) is 4.42 Å². The summed E-state index contributed by atoms with van der Waals surface area (Å²) in [6.45, 7) is 2.21. The molecule has 7 heteroatoms. The minimum atomic E-state index is -0.287. The molecule has 2 aromatic carbocycles. The maximum absolute atomic E-state index is 12.8. The highest BCUT2D eigenvalue weighted by atomic mass is 16.4. The number of furan rings is 1. The molecule has 36 heavy (non-hydrogen) atoms. The van der Waals surface area contributed by atoms with Crippen LogP contribution in [0.25, 0.3) is 11.1 Å². The van der Waals surface area contributed by atoms with Crippen molar-refractivity contribution in [1.29, 1.82) is 0 Å². The summed E-state index contributed by atoms with van der Waals surface area (Å²) in [5.74, 6) is 0.435. The van der Waals surface area contributed by atoms with Crippen molar-refractivity contribution in [2.75, 3.05) is 0 Å². The summed E-state index contributed by atoms with van der Waals surface area (Å²) in [6.07, 6.45) is 5.65. The van der Waals surface area contributed by atoms with Gasteiger partial charge in [-0.15, -0.1) is 0 Å². The van der Waals surface area contributed by atoms with Crippen molar-refractivity contribution in [3.63, 3.8) is 0 Å². The lowest BCUT2D eigenvalue weighted by Crippen LogP contribution is -2.23. The molecule has 0 atom stereocenters. The predicted octanol–water partition coefficient (Wildman–Crippen LogP) is 5.05. The molecule has 0 saturated carbocycles. The van der Waals surface area contributed by atoms with Gasteiger partial charge in [0, 0.05) is 42.0 Å². The van der Waals surface area contributed by atoms with Crippen molar-refractivity contribution in [1.82, 2.24) is 15.7 Å². The quantitative estimate of drug-likeness (QED) is 0.379. The van der Waals surface area contributed by atoms with E-state index in [1.54, 1.807) is 24.5 Å². The number of aryl methyl sites for hydroxylation is 1. The van der Waals surface area contributed by atoms with Crippen LogP contribution >= 0.6 is 0 Å². The van der Waals surface area contributed by atoms with Crippen LogP contribution in [0.5, 0.6) is 0 Å². The molecule has 2 aromatic heterocycles. The lowest BCUT2D eigenvalue weighted by atomic mass is 9.93. The third kappa shape index (κ3) is 4.95. The Morgan fingerprint density at radius 3 is 2.47 bits per heavy atom. The van der Waals surface area contributed by atoms with Gasteiger partial charge in [0.2, 0.25) is 0 Å². The molecule has 0 aliphatic heterocycles. The fraction of sp³-hybridized carbons (Fsp3) is 0.172. The van der Waals surface area contributed by atoms with Crippen molar-refractivity contribution in [2.24, 2.45) is 5.10 Å². The van der Waals surface area contributed by atoms with Crippen molar-refractivity contribution in [2.45, 2.75) is 32.7 Å². The molecule has 5 rings (SSSR count). The summed E-state index contributed by atoms with van der Waals surface area (Å²) in [7, 11) is 0. The Morgan fingerprint density at radius 1 is 0.944 bits per heavy atom. The van der Waals surface area contributed by atoms with Crippen LogP contribution in [0.4, 0.5) is 0 Å². The first-order valence-electron chi connectivity index (χ1n) is 11.9. The van der Waals surface area contributed by atoms with Crippen molar-refractivity contribution in [3.05, 3.63) is 113 Å². The highest BCUT2D eigenvalue weighted by Gasteiger charge is 2.28. The average Bonchev–Trinajstić information content (AvgIpc) is 3.28. The number of fused-ring (bicyclic) bond motifs is 1. The number of carbonyl (C=O) groups is 2. The van der Waals surface area contributed by atoms with Crippen molar-refractivity contribution in [3.8, 4) is 11.1 Å². The molecule has 0 unspecified atom stereocenters. The van der Waals surface area contributed by atoms with E-state index in [1.807, 2.05) is 61.5 Å². The third-order valence-corrected chi connectivity index (χ3v) is 6.25. The van der Waals surface area contributed by atoms with Gasteiger partial charge in [-0.25, -0.2) is 5.43 Å². The lowest BCUT2D eigenvalue weighted by Gasteiger charge is -2.13. The molecular formula is C29H26N4O3. The highest BCUT2D eigenvalue weighted by molar-refractivity contribution is 6.07. The van der Waals surface area contributed by atoms with Crippen LogP contribution in [-0.4, -0.2) is 22.5 Å². The van der Waals surface area contributed by atoms with E-state index in [0.29, 0.717) is 18.5 Å². The molecule has 7 nitrogen and oxygen atoms in total. The van der Waals surface area contributed by atoms with Gasteiger partial charge in [0.25, 0.3) is 11.8 Å². The number of rotatable bonds is 6. The zero-order valence-electron chi connectivity index (χ0n) is 20.0. The van der Waals surface area contributed by atoms with Crippen LogP contribution in [0.15, 0.2) is 88.6 Å². The first-order valence-corrected chi connectivity index (χ1v) is 11.9. The molecule has 2 amide bonds. The van der Waals surface area contributed by atoms with E-state index >= 15 is 0 Å². The molecule has 2 heterocycles. The standard InChI is InChI=1S/C29H26N4O3/c1-19-26-24(32-33-28(34)23-14-12-22(13-15-23)21-8-3-2-4-9-21)10-5-11-25(26)36-27(19)29(35)31-18-20-7-6-16-30-17-20/h2-4,6-9,12-17H,5,10-11,18H2,1H3,(H,31,35)(H,33,34)/b32-24+. The molecule has 0 bridgehead atoms. The number of aromatic nitrogens is 1. The number of nitrogens with zero attached hydrogens (tertiary/aromatic N) is 2. The van der Waals surface area contributed by atoms with E-state index in [0.717, 1.165) is 52.1 Å². The topological polar surface area (TPSA) is 96.6 Å². The van der Waals surface area contributed by atoms with Crippen molar-refractivity contribution >= 4 is 17.5 Å². The molecule has 180 valence electrons. The number of benzene rings is 2. The molecule has 1 aliphatic rings. The third-order valence-electron chi connectivity index (χ3n) is 6.25. The Labute approximate surface area is 209 Å². The minimum Gasteiger partial charge on any atom is -0.455 e. The maximum atomic E-state index is 12.8. The summed E-state index contributed by atoms with van der Waals surface area (Å²) in [5.41, 5.74) is 8.50. The van der Waals surface area contributed by atoms with Gasteiger partial charge in [-0.1, -0.05) is 48.5 Å². The van der Waals surface area contributed by atoms with E-state index in [1.165, 1.54) is 0 Å². The van der Waals surface area contributed by atoms with E-state index < -0.39 is 0 Å². The molecule has 0 saturated heterocycles. The van der Waals surface area contributed by atoms with Gasteiger partial charge >= 0.3 is 0 Å². The molecular weight excluding hydrogens is 452 g/mol. The molecule has 0 radical (unpaired) electrons. The average molecular weight is 479 g/mol. The van der Waals surface area contributed by atoms with Gasteiger partial charge in [0.1, 0.15) is 5.76 Å². The number of pyridine rings is 1. The second-order valence-corrected chi connectivity index (χ2v) is 8.69. The number of hydrazone groups is 1. The monoisotopic (exact) mass is 478 g/mol. The molecule has 4 aromatic rings. The van der Waals surface area contributed by atoms with Crippen LogP contribution < -0.4 is 10.7 Å². The summed E-state index contributed by atoms with van der Waals surface area (Å²) >= 11 is 0. The Balaban J connectivity index is 1.29. The van der Waals surface area contributed by atoms with Gasteiger partial charge in [-0.05, 0) is 54.7 Å². The van der Waals surface area contributed by atoms with Crippen LogP contribution in [0.2, 0.25) is 0 Å². The van der Waals surface area contributed by atoms with Crippen LogP contribution in [0.1, 0.15) is 56.2 Å². The summed E-state index contributed by atoms with van der Waals surface area (Å²) in [6, 6.07) is 21.2. The predicted molar refractivity (Wildman–Crippen MR) is 138 cm³/mol. The SMILES string of the molecule is Cc1c(C(=O)NCc2cccnc2)oc2c1/C(=N/NC(=O)c1ccc(-c3ccccc3)cc1)CCC2. The summed E-state index contributed by atoms with van der Waals surface area (Å²) in [4.78, 5) is 29.6. The minimum absolute atomic E-state index is 0.279. The second-order valence-electron chi connectivity index (χ2n) is 8.69. The summed E-state index contributed by atoms with van der Waals surface area (Å²) in [5, 5.41) is 7.31. The number of amides is 2.